The Labute approximate surface area is 168 Å². The van der Waals surface area contributed by atoms with Gasteiger partial charge in [0.2, 0.25) is 0 Å². The van der Waals surface area contributed by atoms with E-state index in [9.17, 15) is 9.18 Å². The molecule has 0 saturated heterocycles. The Hall–Kier alpha value is -3.54. The minimum absolute atomic E-state index is 0.000827. The summed E-state index contributed by atoms with van der Waals surface area (Å²) in [7, 11) is 0. The molecule has 1 amide bonds. The molecule has 4 aromatic rings. The topological polar surface area (TPSA) is 59.8 Å². The number of hydrogen-bond acceptors (Lipinski definition) is 3. The van der Waals surface area contributed by atoms with Crippen molar-refractivity contribution in [2.24, 2.45) is 0 Å². The Balaban J connectivity index is 1.65. The fraction of sp³-hybridized carbons (Fsp3) is 0.174. The van der Waals surface area contributed by atoms with Gasteiger partial charge in [-0.3, -0.25) is 4.79 Å². The first-order valence-corrected chi connectivity index (χ1v) is 9.46. The van der Waals surface area contributed by atoms with E-state index in [2.05, 4.69) is 41.5 Å². The first-order chi connectivity index (χ1) is 13.9. The summed E-state index contributed by atoms with van der Waals surface area (Å²) in [6.07, 6.45) is 0. The Kier molecular flexibility index (Phi) is 4.84. The van der Waals surface area contributed by atoms with Gasteiger partial charge >= 0.3 is 0 Å². The first kappa shape index (κ1) is 18.8. The third-order valence-corrected chi connectivity index (χ3v) is 4.88. The number of benzene rings is 3. The lowest BCUT2D eigenvalue weighted by molar-refractivity contribution is 0.102. The number of fused-ring (bicyclic) bond motifs is 1. The maximum Gasteiger partial charge on any atom is 0.258 e. The van der Waals surface area contributed by atoms with Crippen molar-refractivity contribution in [2.45, 2.75) is 26.7 Å². The molecule has 0 atom stereocenters. The van der Waals surface area contributed by atoms with Gasteiger partial charge in [-0.15, -0.1) is 10.2 Å². The van der Waals surface area contributed by atoms with E-state index in [0.29, 0.717) is 17.1 Å². The van der Waals surface area contributed by atoms with Gasteiger partial charge in [0.1, 0.15) is 16.9 Å². The molecule has 0 radical (unpaired) electrons. The summed E-state index contributed by atoms with van der Waals surface area (Å²) in [6, 6.07) is 17.6. The summed E-state index contributed by atoms with van der Waals surface area (Å²) < 4.78 is 13.9. The van der Waals surface area contributed by atoms with Crippen LogP contribution in [0.25, 0.3) is 16.7 Å². The zero-order valence-corrected chi connectivity index (χ0v) is 16.5. The molecule has 0 aliphatic carbocycles. The summed E-state index contributed by atoms with van der Waals surface area (Å²) in [4.78, 5) is 14.0. The molecule has 0 fully saturated rings. The molecule has 6 heteroatoms. The predicted molar refractivity (Wildman–Crippen MR) is 112 cm³/mol. The predicted octanol–water partition coefficient (Wildman–Crippen LogP) is 5.24. The van der Waals surface area contributed by atoms with Crippen molar-refractivity contribution in [3.05, 3.63) is 83.2 Å². The highest BCUT2D eigenvalue weighted by Gasteiger charge is 2.14. The minimum Gasteiger partial charge on any atom is -0.322 e. The van der Waals surface area contributed by atoms with E-state index in [1.807, 2.05) is 25.1 Å². The number of carbonyl (C=O) groups excluding carboxylic acids is 1. The molecule has 1 aromatic heterocycles. The van der Waals surface area contributed by atoms with Gasteiger partial charge in [-0.2, -0.15) is 4.80 Å². The molecular formula is C23H21FN4O. The SMILES string of the molecule is Cc1cc2nn(-c3ccc(C(C)C)cc3)nc2cc1NC(=O)c1ccccc1F. The van der Waals surface area contributed by atoms with E-state index in [4.69, 9.17) is 0 Å². The summed E-state index contributed by atoms with van der Waals surface area (Å²) in [5, 5.41) is 11.9. The zero-order valence-electron chi connectivity index (χ0n) is 16.5. The lowest BCUT2D eigenvalue weighted by Gasteiger charge is -2.08. The van der Waals surface area contributed by atoms with Gasteiger partial charge < -0.3 is 5.32 Å². The fourth-order valence-corrected chi connectivity index (χ4v) is 3.15. The first-order valence-electron chi connectivity index (χ1n) is 9.46. The molecular weight excluding hydrogens is 367 g/mol. The van der Waals surface area contributed by atoms with Crippen LogP contribution in [-0.2, 0) is 0 Å². The number of hydrogen-bond donors (Lipinski definition) is 1. The van der Waals surface area contributed by atoms with Crippen molar-refractivity contribution in [3.63, 3.8) is 0 Å². The average Bonchev–Trinajstić information content (AvgIpc) is 3.11. The normalized spacial score (nSPS) is 11.2. The molecule has 0 aliphatic rings. The lowest BCUT2D eigenvalue weighted by Crippen LogP contribution is -2.14. The molecule has 29 heavy (non-hydrogen) atoms. The van der Waals surface area contributed by atoms with E-state index in [0.717, 1.165) is 16.8 Å². The van der Waals surface area contributed by atoms with E-state index < -0.39 is 11.7 Å². The van der Waals surface area contributed by atoms with Crippen LogP contribution in [0.4, 0.5) is 10.1 Å². The second-order valence-electron chi connectivity index (χ2n) is 7.33. The molecule has 5 nitrogen and oxygen atoms in total. The highest BCUT2D eigenvalue weighted by atomic mass is 19.1. The Morgan fingerprint density at radius 2 is 1.66 bits per heavy atom. The van der Waals surface area contributed by atoms with Crippen LogP contribution in [0.3, 0.4) is 0 Å². The molecule has 1 heterocycles. The van der Waals surface area contributed by atoms with Crippen LogP contribution in [0, 0.1) is 12.7 Å². The van der Waals surface area contributed by atoms with Gasteiger partial charge in [0.05, 0.1) is 11.3 Å². The smallest absolute Gasteiger partial charge is 0.258 e. The number of carbonyl (C=O) groups is 1. The van der Waals surface area contributed by atoms with Crippen LogP contribution in [0.15, 0.2) is 60.7 Å². The standard InChI is InChI=1S/C23H21FN4O/c1-14(2)16-8-10-17(11-9-16)28-26-21-12-15(3)20(13-22(21)27-28)25-23(29)18-6-4-5-7-19(18)24/h4-14H,1-3H3,(H,25,29). The van der Waals surface area contributed by atoms with E-state index in [-0.39, 0.29) is 5.56 Å². The average molecular weight is 388 g/mol. The number of amides is 1. The van der Waals surface area contributed by atoms with Crippen molar-refractivity contribution in [3.8, 4) is 5.69 Å². The Morgan fingerprint density at radius 3 is 2.31 bits per heavy atom. The quantitative estimate of drug-likeness (QED) is 0.520. The van der Waals surface area contributed by atoms with Crippen LogP contribution in [0.5, 0.6) is 0 Å². The van der Waals surface area contributed by atoms with Crippen molar-refractivity contribution in [2.75, 3.05) is 5.32 Å². The minimum atomic E-state index is -0.556. The number of aromatic nitrogens is 3. The van der Waals surface area contributed by atoms with Crippen LogP contribution < -0.4 is 5.32 Å². The van der Waals surface area contributed by atoms with Crippen molar-refractivity contribution >= 4 is 22.6 Å². The number of anilines is 1. The second-order valence-corrected chi connectivity index (χ2v) is 7.33. The molecule has 0 unspecified atom stereocenters. The summed E-state index contributed by atoms with van der Waals surface area (Å²) in [5.41, 5.74) is 4.88. The van der Waals surface area contributed by atoms with Gasteiger partial charge in [0.15, 0.2) is 0 Å². The van der Waals surface area contributed by atoms with Crippen molar-refractivity contribution in [1.29, 1.82) is 0 Å². The molecule has 1 N–H and O–H groups in total. The lowest BCUT2D eigenvalue weighted by atomic mass is 10.0. The third kappa shape index (κ3) is 3.74. The van der Waals surface area contributed by atoms with Crippen molar-refractivity contribution in [1.82, 2.24) is 15.0 Å². The molecule has 146 valence electrons. The number of nitrogens with zero attached hydrogens (tertiary/aromatic N) is 3. The van der Waals surface area contributed by atoms with Crippen LogP contribution >= 0.6 is 0 Å². The van der Waals surface area contributed by atoms with Crippen LogP contribution in [0.2, 0.25) is 0 Å². The molecule has 4 rings (SSSR count). The number of rotatable bonds is 4. The number of halogens is 1. The van der Waals surface area contributed by atoms with Crippen LogP contribution in [0.1, 0.15) is 41.3 Å². The van der Waals surface area contributed by atoms with Gasteiger partial charge in [-0.1, -0.05) is 38.1 Å². The second kappa shape index (κ2) is 7.47. The molecule has 3 aromatic carbocycles. The molecule has 0 saturated carbocycles. The Morgan fingerprint density at radius 1 is 1.00 bits per heavy atom. The Bertz CT molecular complexity index is 1200. The van der Waals surface area contributed by atoms with Crippen LogP contribution in [-0.4, -0.2) is 20.9 Å². The molecule has 0 spiro atoms. The number of aryl methyl sites for hydroxylation is 1. The number of nitrogens with one attached hydrogen (secondary N) is 1. The van der Waals surface area contributed by atoms with Gasteiger partial charge in [0, 0.05) is 5.69 Å². The maximum absolute atomic E-state index is 13.9. The summed E-state index contributed by atoms with van der Waals surface area (Å²) in [5.74, 6) is -0.598. The monoisotopic (exact) mass is 388 g/mol. The van der Waals surface area contributed by atoms with E-state index >= 15 is 0 Å². The van der Waals surface area contributed by atoms with Gasteiger partial charge in [0.25, 0.3) is 5.91 Å². The largest absolute Gasteiger partial charge is 0.322 e. The highest BCUT2D eigenvalue weighted by molar-refractivity contribution is 6.05. The summed E-state index contributed by atoms with van der Waals surface area (Å²) >= 11 is 0. The van der Waals surface area contributed by atoms with Gasteiger partial charge in [-0.05, 0) is 60.4 Å². The van der Waals surface area contributed by atoms with E-state index in [1.165, 1.54) is 17.7 Å². The molecule has 0 bridgehead atoms. The van der Waals surface area contributed by atoms with Gasteiger partial charge in [-0.25, -0.2) is 4.39 Å². The fourth-order valence-electron chi connectivity index (χ4n) is 3.15. The molecule has 0 aliphatic heterocycles. The van der Waals surface area contributed by atoms with Crippen molar-refractivity contribution < 1.29 is 9.18 Å². The highest BCUT2D eigenvalue weighted by Crippen LogP contribution is 2.24. The van der Waals surface area contributed by atoms with E-state index in [1.54, 1.807) is 23.0 Å². The zero-order chi connectivity index (χ0) is 20.5. The summed E-state index contributed by atoms with van der Waals surface area (Å²) in [6.45, 7) is 6.16. The third-order valence-electron chi connectivity index (χ3n) is 4.88. The maximum atomic E-state index is 13.9.